The summed E-state index contributed by atoms with van der Waals surface area (Å²) < 4.78 is 43.7. The van der Waals surface area contributed by atoms with E-state index in [9.17, 15) is 12.8 Å². The van der Waals surface area contributed by atoms with Crippen LogP contribution >= 0.6 is 0 Å². The van der Waals surface area contributed by atoms with Gasteiger partial charge in [-0.15, -0.1) is 0 Å². The van der Waals surface area contributed by atoms with Gasteiger partial charge in [0.05, 0.1) is 12.8 Å². The van der Waals surface area contributed by atoms with Crippen molar-refractivity contribution in [2.75, 3.05) is 19.1 Å². The molecule has 0 aliphatic carbocycles. The number of aryl methyl sites for hydroxylation is 1. The van der Waals surface area contributed by atoms with E-state index in [0.717, 1.165) is 18.4 Å². The number of hydrogen-bond acceptors (Lipinski definition) is 5. The van der Waals surface area contributed by atoms with Gasteiger partial charge in [0, 0.05) is 24.9 Å². The third-order valence-corrected chi connectivity index (χ3v) is 3.92. The van der Waals surface area contributed by atoms with E-state index in [2.05, 4.69) is 5.10 Å². The lowest BCUT2D eigenvalue weighted by Crippen LogP contribution is -2.03. The first-order valence-corrected chi connectivity index (χ1v) is 7.50. The molecule has 0 aliphatic heterocycles. The van der Waals surface area contributed by atoms with E-state index in [0.29, 0.717) is 11.5 Å². The second-order valence-electron chi connectivity index (χ2n) is 4.33. The van der Waals surface area contributed by atoms with E-state index in [1.807, 2.05) is 0 Å². The molecular formula is C12H14FN3O3S. The molecule has 1 heterocycles. The number of ether oxygens (including phenoxy) is 1. The lowest BCUT2D eigenvalue weighted by molar-refractivity contribution is 0.402. The third kappa shape index (κ3) is 2.46. The van der Waals surface area contributed by atoms with E-state index in [1.54, 1.807) is 7.05 Å². The SMILES string of the molecule is COc1c(-c2cc(N)n(C)n2)cc(F)cc1S(C)(=O)=O. The number of hydrogen-bond donors (Lipinski definition) is 1. The Kier molecular flexibility index (Phi) is 3.43. The largest absolute Gasteiger partial charge is 0.495 e. The molecule has 20 heavy (non-hydrogen) atoms. The van der Waals surface area contributed by atoms with Crippen LogP contribution in [0.25, 0.3) is 11.3 Å². The molecule has 6 nitrogen and oxygen atoms in total. The molecule has 0 fully saturated rings. The number of rotatable bonds is 3. The molecule has 2 N–H and O–H groups in total. The van der Waals surface area contributed by atoms with Crippen molar-refractivity contribution in [1.29, 1.82) is 0 Å². The summed E-state index contributed by atoms with van der Waals surface area (Å²) in [5.74, 6) is -0.273. The second kappa shape index (κ2) is 4.78. The highest BCUT2D eigenvalue weighted by molar-refractivity contribution is 7.90. The maximum absolute atomic E-state index is 13.7. The lowest BCUT2D eigenvalue weighted by atomic mass is 10.1. The zero-order valence-electron chi connectivity index (χ0n) is 11.2. The molecular weight excluding hydrogens is 285 g/mol. The van der Waals surface area contributed by atoms with Gasteiger partial charge in [0.15, 0.2) is 9.84 Å². The summed E-state index contributed by atoms with van der Waals surface area (Å²) in [5, 5.41) is 4.10. The van der Waals surface area contributed by atoms with Gasteiger partial charge >= 0.3 is 0 Å². The summed E-state index contributed by atoms with van der Waals surface area (Å²) in [5.41, 5.74) is 6.25. The Morgan fingerprint density at radius 1 is 1.35 bits per heavy atom. The van der Waals surface area contributed by atoms with Crippen molar-refractivity contribution < 1.29 is 17.5 Å². The van der Waals surface area contributed by atoms with Gasteiger partial charge < -0.3 is 10.5 Å². The van der Waals surface area contributed by atoms with Gasteiger partial charge in [-0.1, -0.05) is 0 Å². The predicted molar refractivity (Wildman–Crippen MR) is 72.7 cm³/mol. The molecule has 0 bridgehead atoms. The van der Waals surface area contributed by atoms with E-state index in [-0.39, 0.29) is 16.2 Å². The first kappa shape index (κ1) is 14.3. The van der Waals surface area contributed by atoms with Crippen LogP contribution in [0.4, 0.5) is 10.2 Å². The number of nitrogens with zero attached hydrogens (tertiary/aromatic N) is 2. The van der Waals surface area contributed by atoms with Gasteiger partial charge in [-0.05, 0) is 12.1 Å². The molecule has 1 aromatic carbocycles. The number of nitrogens with two attached hydrogens (primary N) is 1. The highest BCUT2D eigenvalue weighted by atomic mass is 32.2. The molecule has 8 heteroatoms. The monoisotopic (exact) mass is 299 g/mol. The summed E-state index contributed by atoms with van der Waals surface area (Å²) >= 11 is 0. The van der Waals surface area contributed by atoms with Crippen molar-refractivity contribution in [3.05, 3.63) is 24.0 Å². The van der Waals surface area contributed by atoms with Crippen molar-refractivity contribution >= 4 is 15.7 Å². The molecule has 1 aromatic heterocycles. The average molecular weight is 299 g/mol. The Morgan fingerprint density at radius 2 is 2.00 bits per heavy atom. The molecule has 0 amide bonds. The standard InChI is InChI=1S/C12H14FN3O3S/c1-16-11(14)6-9(15-16)8-4-7(13)5-10(12(8)19-2)20(3,17)18/h4-6H,14H2,1-3H3. The smallest absolute Gasteiger partial charge is 0.179 e. The summed E-state index contributed by atoms with van der Waals surface area (Å²) in [4.78, 5) is -0.223. The molecule has 2 aromatic rings. The number of anilines is 1. The van der Waals surface area contributed by atoms with Crippen LogP contribution in [0.15, 0.2) is 23.1 Å². The van der Waals surface area contributed by atoms with Crippen LogP contribution in [0.2, 0.25) is 0 Å². The normalized spacial score (nSPS) is 11.6. The summed E-state index contributed by atoms with van der Waals surface area (Å²) in [6.45, 7) is 0. The first-order valence-electron chi connectivity index (χ1n) is 5.61. The second-order valence-corrected chi connectivity index (χ2v) is 6.32. The van der Waals surface area contributed by atoms with Gasteiger partial charge in [0.2, 0.25) is 0 Å². The Morgan fingerprint density at radius 3 is 2.45 bits per heavy atom. The van der Waals surface area contributed by atoms with Crippen molar-refractivity contribution in [2.24, 2.45) is 7.05 Å². The van der Waals surface area contributed by atoms with E-state index < -0.39 is 15.7 Å². The highest BCUT2D eigenvalue weighted by Crippen LogP contribution is 2.36. The van der Waals surface area contributed by atoms with Crippen molar-refractivity contribution in [3.8, 4) is 17.0 Å². The lowest BCUT2D eigenvalue weighted by Gasteiger charge is -2.11. The van der Waals surface area contributed by atoms with Crippen molar-refractivity contribution in [3.63, 3.8) is 0 Å². The van der Waals surface area contributed by atoms with Gasteiger partial charge in [0.1, 0.15) is 22.3 Å². The van der Waals surface area contributed by atoms with Crippen LogP contribution in [0.5, 0.6) is 5.75 Å². The van der Waals surface area contributed by atoms with Gasteiger partial charge in [-0.25, -0.2) is 12.8 Å². The van der Waals surface area contributed by atoms with E-state index in [1.165, 1.54) is 17.9 Å². The van der Waals surface area contributed by atoms with Crippen LogP contribution in [0.3, 0.4) is 0 Å². The first-order chi connectivity index (χ1) is 9.24. The Labute approximate surface area is 115 Å². The number of methoxy groups -OCH3 is 1. The fourth-order valence-corrected chi connectivity index (χ4v) is 2.71. The fourth-order valence-electron chi connectivity index (χ4n) is 1.86. The van der Waals surface area contributed by atoms with Crippen LogP contribution < -0.4 is 10.5 Å². The summed E-state index contributed by atoms with van der Waals surface area (Å²) in [6.07, 6.45) is 0.987. The Hall–Kier alpha value is -2.09. The van der Waals surface area contributed by atoms with E-state index >= 15 is 0 Å². The minimum absolute atomic E-state index is 0.0481. The van der Waals surface area contributed by atoms with E-state index in [4.69, 9.17) is 10.5 Å². The number of halogens is 1. The molecule has 2 rings (SSSR count). The molecule has 108 valence electrons. The number of nitrogen functional groups attached to an aromatic ring is 1. The molecule has 0 radical (unpaired) electrons. The van der Waals surface area contributed by atoms with Crippen molar-refractivity contribution in [2.45, 2.75) is 4.90 Å². The maximum atomic E-state index is 13.7. The average Bonchev–Trinajstić information content (AvgIpc) is 2.67. The Balaban J connectivity index is 2.79. The van der Waals surface area contributed by atoms with Crippen LogP contribution in [-0.4, -0.2) is 31.6 Å². The minimum Gasteiger partial charge on any atom is -0.495 e. The number of benzene rings is 1. The Bertz CT molecular complexity index is 749. The summed E-state index contributed by atoms with van der Waals surface area (Å²) in [6, 6.07) is 3.60. The zero-order valence-corrected chi connectivity index (χ0v) is 12.0. The van der Waals surface area contributed by atoms with Gasteiger partial charge in [-0.3, -0.25) is 4.68 Å². The molecule has 0 spiro atoms. The van der Waals surface area contributed by atoms with Crippen molar-refractivity contribution in [1.82, 2.24) is 9.78 Å². The van der Waals surface area contributed by atoms with Crippen LogP contribution in [-0.2, 0) is 16.9 Å². The molecule has 0 unspecified atom stereocenters. The maximum Gasteiger partial charge on any atom is 0.179 e. The van der Waals surface area contributed by atoms with Crippen LogP contribution in [0, 0.1) is 5.82 Å². The molecule has 0 saturated heterocycles. The molecule has 0 atom stereocenters. The minimum atomic E-state index is -3.63. The topological polar surface area (TPSA) is 87.2 Å². The fraction of sp³-hybridized carbons (Fsp3) is 0.250. The van der Waals surface area contributed by atoms with Crippen LogP contribution in [0.1, 0.15) is 0 Å². The molecule has 0 aliphatic rings. The third-order valence-electron chi connectivity index (χ3n) is 2.82. The number of sulfone groups is 1. The van der Waals surface area contributed by atoms with Gasteiger partial charge in [0.25, 0.3) is 0 Å². The molecule has 0 saturated carbocycles. The zero-order chi connectivity index (χ0) is 15.1. The summed E-state index contributed by atoms with van der Waals surface area (Å²) in [7, 11) is -0.688. The predicted octanol–water partition coefficient (Wildman–Crippen LogP) is 1.22. The number of aromatic nitrogens is 2. The van der Waals surface area contributed by atoms with Gasteiger partial charge in [-0.2, -0.15) is 5.10 Å². The quantitative estimate of drug-likeness (QED) is 0.920. The highest BCUT2D eigenvalue weighted by Gasteiger charge is 2.22.